The minimum Gasteiger partial charge on any atom is -0.348 e. The van der Waals surface area contributed by atoms with Crippen LogP contribution in [-0.4, -0.2) is 27.6 Å². The maximum atomic E-state index is 12.4. The van der Waals surface area contributed by atoms with Crippen molar-refractivity contribution in [2.45, 2.75) is 52.1 Å². The monoisotopic (exact) mass is 283 g/mol. The van der Waals surface area contributed by atoms with Gasteiger partial charge in [0.1, 0.15) is 5.69 Å². The van der Waals surface area contributed by atoms with Crippen LogP contribution < -0.4 is 5.32 Å². The predicted molar refractivity (Wildman–Crippen MR) is 76.6 cm³/mol. The summed E-state index contributed by atoms with van der Waals surface area (Å²) in [5.41, 5.74) is 1.63. The Morgan fingerprint density at radius 3 is 2.95 bits per heavy atom. The molecule has 1 aromatic heterocycles. The third-order valence-electron chi connectivity index (χ3n) is 3.90. The molecule has 0 radical (unpaired) electrons. The maximum absolute atomic E-state index is 12.4. The van der Waals surface area contributed by atoms with Crippen molar-refractivity contribution in [2.24, 2.45) is 5.92 Å². The largest absolute Gasteiger partial charge is 0.348 e. The average Bonchev–Trinajstić information content (AvgIpc) is 3.03. The van der Waals surface area contributed by atoms with E-state index >= 15 is 0 Å². The molecule has 2 rings (SSSR count). The van der Waals surface area contributed by atoms with Gasteiger partial charge in [-0.05, 0) is 38.2 Å². The molecule has 1 aliphatic carbocycles. The first-order valence-electron chi connectivity index (χ1n) is 7.13. The minimum atomic E-state index is -0.0175. The Hall–Kier alpha value is -1.03. The van der Waals surface area contributed by atoms with Gasteiger partial charge in [0, 0.05) is 18.5 Å². The van der Waals surface area contributed by atoms with Gasteiger partial charge in [0.05, 0.1) is 5.69 Å². The molecule has 1 amide bonds. The van der Waals surface area contributed by atoms with E-state index in [9.17, 15) is 4.79 Å². The van der Waals surface area contributed by atoms with Crippen LogP contribution in [-0.2, 0) is 13.0 Å². The van der Waals surface area contributed by atoms with E-state index in [2.05, 4.69) is 10.4 Å². The molecule has 1 aliphatic rings. The zero-order valence-corrected chi connectivity index (χ0v) is 12.4. The Balaban J connectivity index is 2.09. The lowest BCUT2D eigenvalue weighted by atomic mass is 10.1. The zero-order valence-electron chi connectivity index (χ0n) is 11.7. The molecule has 4 nitrogen and oxygen atoms in total. The molecule has 0 saturated heterocycles. The molecule has 1 aromatic rings. The van der Waals surface area contributed by atoms with Crippen LogP contribution in [0.4, 0.5) is 0 Å². The molecule has 2 atom stereocenters. The number of aromatic nitrogens is 2. The summed E-state index contributed by atoms with van der Waals surface area (Å²) in [5.74, 6) is 1.02. The van der Waals surface area contributed by atoms with Gasteiger partial charge in [-0.3, -0.25) is 9.48 Å². The molecule has 5 heteroatoms. The molecule has 0 spiro atoms. The van der Waals surface area contributed by atoms with Gasteiger partial charge in [-0.2, -0.15) is 5.10 Å². The molecular formula is C14H22ClN3O. The van der Waals surface area contributed by atoms with E-state index in [1.165, 1.54) is 0 Å². The van der Waals surface area contributed by atoms with Crippen LogP contribution in [0.1, 0.15) is 49.3 Å². The first kappa shape index (κ1) is 14.4. The van der Waals surface area contributed by atoms with Crippen molar-refractivity contribution in [3.8, 4) is 0 Å². The fourth-order valence-corrected chi connectivity index (χ4v) is 3.09. The molecule has 1 fully saturated rings. The van der Waals surface area contributed by atoms with E-state index in [1.807, 2.05) is 19.9 Å². The number of rotatable bonds is 5. The summed E-state index contributed by atoms with van der Waals surface area (Å²) < 4.78 is 1.78. The van der Waals surface area contributed by atoms with E-state index in [1.54, 1.807) is 4.68 Å². The zero-order chi connectivity index (χ0) is 13.8. The quantitative estimate of drug-likeness (QED) is 0.845. The first-order valence-corrected chi connectivity index (χ1v) is 7.66. The van der Waals surface area contributed by atoms with Gasteiger partial charge in [-0.25, -0.2) is 0 Å². The SMILES string of the molecule is CCc1cc(C(=O)NC2CCCC2CCl)n(CC)n1. The third kappa shape index (κ3) is 3.11. The predicted octanol–water partition coefficient (Wildman–Crippen LogP) is 2.60. The van der Waals surface area contributed by atoms with Gasteiger partial charge in [0.25, 0.3) is 5.91 Å². The fourth-order valence-electron chi connectivity index (χ4n) is 2.72. The molecule has 0 aromatic carbocycles. The second kappa shape index (κ2) is 6.42. The molecule has 1 heterocycles. The van der Waals surface area contributed by atoms with Crippen molar-refractivity contribution in [1.29, 1.82) is 0 Å². The van der Waals surface area contributed by atoms with Gasteiger partial charge < -0.3 is 5.32 Å². The van der Waals surface area contributed by atoms with Crippen LogP contribution in [0.15, 0.2) is 6.07 Å². The normalized spacial score (nSPS) is 22.7. The summed E-state index contributed by atoms with van der Waals surface area (Å²) in [6, 6.07) is 2.11. The number of nitrogens with one attached hydrogen (secondary N) is 1. The van der Waals surface area contributed by atoms with Crippen molar-refractivity contribution in [1.82, 2.24) is 15.1 Å². The van der Waals surface area contributed by atoms with Crippen molar-refractivity contribution in [2.75, 3.05) is 5.88 Å². The van der Waals surface area contributed by atoms with Gasteiger partial charge in [0.2, 0.25) is 0 Å². The summed E-state index contributed by atoms with van der Waals surface area (Å²) in [7, 11) is 0. The topological polar surface area (TPSA) is 46.9 Å². The van der Waals surface area contributed by atoms with Crippen molar-refractivity contribution in [3.05, 3.63) is 17.5 Å². The lowest BCUT2D eigenvalue weighted by Crippen LogP contribution is -2.38. The van der Waals surface area contributed by atoms with Gasteiger partial charge >= 0.3 is 0 Å². The minimum absolute atomic E-state index is 0.0175. The number of hydrogen-bond acceptors (Lipinski definition) is 2. The Morgan fingerprint density at radius 1 is 1.53 bits per heavy atom. The number of amides is 1. The van der Waals surface area contributed by atoms with E-state index in [-0.39, 0.29) is 11.9 Å². The molecule has 1 saturated carbocycles. The highest BCUT2D eigenvalue weighted by Gasteiger charge is 2.28. The number of alkyl halides is 1. The van der Waals surface area contributed by atoms with E-state index < -0.39 is 0 Å². The first-order chi connectivity index (χ1) is 9.19. The number of halogens is 1. The van der Waals surface area contributed by atoms with Crippen LogP contribution in [0.25, 0.3) is 0 Å². The summed E-state index contributed by atoms with van der Waals surface area (Å²) in [6.07, 6.45) is 4.14. The smallest absolute Gasteiger partial charge is 0.269 e. The van der Waals surface area contributed by atoms with E-state index in [0.29, 0.717) is 24.0 Å². The van der Waals surface area contributed by atoms with Crippen LogP contribution in [0.3, 0.4) is 0 Å². The van der Waals surface area contributed by atoms with Crippen molar-refractivity contribution >= 4 is 17.5 Å². The molecule has 19 heavy (non-hydrogen) atoms. The molecule has 0 aliphatic heterocycles. The Kier molecular flexibility index (Phi) is 4.86. The molecule has 0 bridgehead atoms. The highest BCUT2D eigenvalue weighted by Crippen LogP contribution is 2.26. The summed E-state index contributed by atoms with van der Waals surface area (Å²) >= 11 is 5.95. The van der Waals surface area contributed by atoms with Crippen LogP contribution >= 0.6 is 11.6 Å². The molecular weight excluding hydrogens is 262 g/mol. The Morgan fingerprint density at radius 2 is 2.32 bits per heavy atom. The fraction of sp³-hybridized carbons (Fsp3) is 0.714. The highest BCUT2D eigenvalue weighted by molar-refractivity contribution is 6.18. The number of carbonyl (C=O) groups is 1. The highest BCUT2D eigenvalue weighted by atomic mass is 35.5. The molecule has 106 valence electrons. The standard InChI is InChI=1S/C14H22ClN3O/c1-3-11-8-13(18(4-2)17-11)14(19)16-12-7-5-6-10(12)9-15/h8,10,12H,3-7,9H2,1-2H3,(H,16,19). The van der Waals surface area contributed by atoms with Crippen LogP contribution in [0.2, 0.25) is 0 Å². The summed E-state index contributed by atoms with van der Waals surface area (Å²) in [6.45, 7) is 4.76. The molecule has 2 unspecified atom stereocenters. The van der Waals surface area contributed by atoms with Gasteiger partial charge in [-0.15, -0.1) is 11.6 Å². The van der Waals surface area contributed by atoms with Crippen molar-refractivity contribution in [3.63, 3.8) is 0 Å². The lowest BCUT2D eigenvalue weighted by Gasteiger charge is -2.18. The third-order valence-corrected chi connectivity index (χ3v) is 4.30. The lowest BCUT2D eigenvalue weighted by molar-refractivity contribution is 0.0919. The van der Waals surface area contributed by atoms with Crippen LogP contribution in [0, 0.1) is 5.92 Å². The van der Waals surface area contributed by atoms with Crippen molar-refractivity contribution < 1.29 is 4.79 Å². The maximum Gasteiger partial charge on any atom is 0.269 e. The molecule has 1 N–H and O–H groups in total. The number of hydrogen-bond donors (Lipinski definition) is 1. The summed E-state index contributed by atoms with van der Waals surface area (Å²) in [5, 5.41) is 7.54. The number of nitrogens with zero attached hydrogens (tertiary/aromatic N) is 2. The van der Waals surface area contributed by atoms with E-state index in [0.717, 1.165) is 31.4 Å². The second-order valence-electron chi connectivity index (χ2n) is 5.12. The number of carbonyl (C=O) groups excluding carboxylic acids is 1. The van der Waals surface area contributed by atoms with Crippen LogP contribution in [0.5, 0.6) is 0 Å². The second-order valence-corrected chi connectivity index (χ2v) is 5.42. The Labute approximate surface area is 119 Å². The van der Waals surface area contributed by atoms with Gasteiger partial charge in [0.15, 0.2) is 0 Å². The summed E-state index contributed by atoms with van der Waals surface area (Å²) in [4.78, 5) is 12.4. The average molecular weight is 284 g/mol. The van der Waals surface area contributed by atoms with E-state index in [4.69, 9.17) is 11.6 Å². The van der Waals surface area contributed by atoms with Gasteiger partial charge in [-0.1, -0.05) is 13.3 Å². The number of aryl methyl sites for hydroxylation is 2. The Bertz CT molecular complexity index is 444.